The Labute approximate surface area is 288 Å². The fraction of sp³-hybridized carbons (Fsp3) is 0.0270. The molecule has 0 saturated carbocycles. The second kappa shape index (κ2) is 8.96. The number of rotatable bonds is 2. The third-order valence-corrected chi connectivity index (χ3v) is 12.2. The molecule has 52 heavy (non-hydrogen) atoms. The highest BCUT2D eigenvalue weighted by atomic mass is 32.2. The van der Waals surface area contributed by atoms with Crippen molar-refractivity contribution >= 4 is 118 Å². The number of pyridine rings is 2. The fourth-order valence-electron chi connectivity index (χ4n) is 8.44. The summed E-state index contributed by atoms with van der Waals surface area (Å²) in [6.07, 6.45) is 0. The number of hydrogen-bond acceptors (Lipinski definition) is 9. The number of benzene rings is 7. The summed E-state index contributed by atoms with van der Waals surface area (Å²) in [5.41, 5.74) is 1.41. The molecule has 252 valence electrons. The van der Waals surface area contributed by atoms with E-state index >= 15 is 0 Å². The first-order chi connectivity index (χ1) is 24.7. The van der Waals surface area contributed by atoms with Crippen LogP contribution >= 0.6 is 0 Å². The van der Waals surface area contributed by atoms with Crippen LogP contribution < -0.4 is 11.1 Å². The van der Waals surface area contributed by atoms with Crippen molar-refractivity contribution in [3.05, 3.63) is 99.1 Å². The van der Waals surface area contributed by atoms with Gasteiger partial charge in [-0.15, -0.1) is 0 Å². The van der Waals surface area contributed by atoms with Crippen LogP contribution in [0.4, 0.5) is 0 Å². The minimum absolute atomic E-state index is 0.108. The summed E-state index contributed by atoms with van der Waals surface area (Å²) in [6, 6.07) is 18.1. The number of nitrogens with zero attached hydrogens (tertiary/aromatic N) is 4. The molecule has 4 aromatic heterocycles. The lowest BCUT2D eigenvalue weighted by Crippen LogP contribution is -2.14. The van der Waals surface area contributed by atoms with E-state index in [-0.39, 0.29) is 27.3 Å². The molecule has 4 heterocycles. The lowest BCUT2D eigenvalue weighted by atomic mass is 9.84. The van der Waals surface area contributed by atoms with E-state index in [1.165, 1.54) is 51.3 Å². The van der Waals surface area contributed by atoms with Gasteiger partial charge in [0.15, 0.2) is 0 Å². The van der Waals surface area contributed by atoms with E-state index in [0.29, 0.717) is 70.5 Å². The Balaban J connectivity index is 1.34. The maximum Gasteiger partial charge on any atom is 0.294 e. The zero-order valence-electron chi connectivity index (χ0n) is 26.3. The molecule has 0 unspecified atom stereocenters. The summed E-state index contributed by atoms with van der Waals surface area (Å²) in [7, 11) is -9.12. The van der Waals surface area contributed by atoms with Crippen LogP contribution in [-0.4, -0.2) is 49.8 Å². The van der Waals surface area contributed by atoms with Crippen molar-refractivity contribution in [1.29, 1.82) is 0 Å². The van der Waals surface area contributed by atoms with Crippen LogP contribution in [0.5, 0.6) is 5.75 Å². The first kappa shape index (κ1) is 29.5. The molecule has 0 aliphatic rings. The van der Waals surface area contributed by atoms with Crippen LogP contribution in [0.2, 0.25) is 0 Å². The molecule has 15 heteroatoms. The summed E-state index contributed by atoms with van der Waals surface area (Å²) < 4.78 is 69.9. The summed E-state index contributed by atoms with van der Waals surface area (Å²) in [6.45, 7) is 1.87. The topological polar surface area (TPSA) is 198 Å². The lowest BCUT2D eigenvalue weighted by Gasteiger charge is -2.20. The van der Waals surface area contributed by atoms with E-state index in [2.05, 4.69) is 4.98 Å². The Bertz CT molecular complexity index is 3810. The molecule has 0 saturated heterocycles. The quantitative estimate of drug-likeness (QED) is 0.111. The predicted octanol–water partition coefficient (Wildman–Crippen LogP) is 5.75. The Morgan fingerprint density at radius 3 is 1.60 bits per heavy atom. The van der Waals surface area contributed by atoms with Crippen LogP contribution in [0.25, 0.3) is 98.0 Å². The van der Waals surface area contributed by atoms with Gasteiger partial charge in [0.05, 0.1) is 31.9 Å². The van der Waals surface area contributed by atoms with Gasteiger partial charge in [-0.1, -0.05) is 12.1 Å². The average Bonchev–Trinajstić information content (AvgIpc) is 3.68. The van der Waals surface area contributed by atoms with Crippen molar-refractivity contribution in [2.75, 3.05) is 0 Å². The molecule has 0 aliphatic carbocycles. The Morgan fingerprint density at radius 2 is 1.00 bits per heavy atom. The number of aromatic hydroxyl groups is 1. The Hall–Kier alpha value is -6.26. The van der Waals surface area contributed by atoms with Crippen molar-refractivity contribution in [2.24, 2.45) is 0 Å². The van der Waals surface area contributed by atoms with Gasteiger partial charge >= 0.3 is 0 Å². The van der Waals surface area contributed by atoms with Gasteiger partial charge in [0.2, 0.25) is 0 Å². The van der Waals surface area contributed by atoms with Gasteiger partial charge in [0.1, 0.15) is 17.0 Å². The summed E-state index contributed by atoms with van der Waals surface area (Å²) in [4.78, 5) is 37.2. The molecular formula is C37H18N4O9S2. The molecule has 7 aromatic carbocycles. The van der Waals surface area contributed by atoms with Gasteiger partial charge in [0.25, 0.3) is 31.4 Å². The van der Waals surface area contributed by atoms with Gasteiger partial charge in [-0.2, -0.15) is 16.8 Å². The number of phenolic OH excluding ortho intramolecular Hbond substituents is 1. The highest BCUT2D eigenvalue weighted by Gasteiger charge is 2.27. The van der Waals surface area contributed by atoms with Crippen LogP contribution in [0.15, 0.2) is 92.2 Å². The van der Waals surface area contributed by atoms with Gasteiger partial charge < -0.3 is 5.11 Å². The average molecular weight is 727 g/mol. The third kappa shape index (κ3) is 3.38. The second-order valence-electron chi connectivity index (χ2n) is 13.2. The predicted molar refractivity (Wildman–Crippen MR) is 196 cm³/mol. The fourth-order valence-corrected chi connectivity index (χ4v) is 9.44. The Kier molecular flexibility index (Phi) is 5.08. The number of fused-ring (bicyclic) bond motifs is 10. The van der Waals surface area contributed by atoms with E-state index in [4.69, 9.17) is 4.98 Å². The van der Waals surface area contributed by atoms with Gasteiger partial charge in [-0.25, -0.2) is 9.97 Å². The van der Waals surface area contributed by atoms with Crippen molar-refractivity contribution in [2.45, 2.75) is 16.7 Å². The van der Waals surface area contributed by atoms with Gasteiger partial charge in [0, 0.05) is 43.1 Å². The first-order valence-corrected chi connectivity index (χ1v) is 18.6. The van der Waals surface area contributed by atoms with Crippen molar-refractivity contribution in [1.82, 2.24) is 18.8 Å². The van der Waals surface area contributed by atoms with Crippen molar-refractivity contribution in [3.63, 3.8) is 0 Å². The third-order valence-electron chi connectivity index (χ3n) is 10.5. The van der Waals surface area contributed by atoms with Crippen LogP contribution in [0.3, 0.4) is 0 Å². The number of imidazole rings is 2. The van der Waals surface area contributed by atoms with Gasteiger partial charge in [-0.3, -0.25) is 27.5 Å². The van der Waals surface area contributed by atoms with Crippen LogP contribution in [0, 0.1) is 6.92 Å². The molecule has 0 atom stereocenters. The highest BCUT2D eigenvalue weighted by molar-refractivity contribution is 7.86. The van der Waals surface area contributed by atoms with E-state index in [1.807, 2.05) is 13.0 Å². The molecule has 13 nitrogen and oxygen atoms in total. The number of aromatic nitrogens is 4. The van der Waals surface area contributed by atoms with Crippen molar-refractivity contribution in [3.8, 4) is 5.75 Å². The summed E-state index contributed by atoms with van der Waals surface area (Å²) >= 11 is 0. The maximum absolute atomic E-state index is 14.3. The lowest BCUT2D eigenvalue weighted by molar-refractivity contribution is 0.481. The number of phenols is 1. The van der Waals surface area contributed by atoms with E-state index in [0.717, 1.165) is 16.3 Å². The molecule has 0 aliphatic heterocycles. The normalized spacial score (nSPS) is 13.4. The Morgan fingerprint density at radius 1 is 0.519 bits per heavy atom. The molecule has 0 spiro atoms. The zero-order chi connectivity index (χ0) is 35.9. The monoisotopic (exact) mass is 726 g/mol. The molecule has 0 radical (unpaired) electrons. The minimum atomic E-state index is -4.57. The van der Waals surface area contributed by atoms with E-state index in [1.54, 1.807) is 24.3 Å². The van der Waals surface area contributed by atoms with Crippen molar-refractivity contribution < 1.29 is 31.0 Å². The maximum atomic E-state index is 14.3. The SMILES string of the molecule is Cc1cc2c(=O)n3c4cc(S(=O)(=O)O)ccc4nc3c3ccc4c5c(O)cc6c7c(ccc(c1c4c23)c57)c(=O)n1c2cc(S(=O)(=O)O)ccc2nc61. The van der Waals surface area contributed by atoms with E-state index < -0.39 is 36.3 Å². The van der Waals surface area contributed by atoms with Crippen LogP contribution in [-0.2, 0) is 20.2 Å². The largest absolute Gasteiger partial charge is 0.507 e. The van der Waals surface area contributed by atoms with E-state index in [9.17, 15) is 40.6 Å². The minimum Gasteiger partial charge on any atom is -0.507 e. The molecule has 3 N–H and O–H groups in total. The highest BCUT2D eigenvalue weighted by Crippen LogP contribution is 2.49. The first-order valence-electron chi connectivity index (χ1n) is 15.8. The molecular weight excluding hydrogens is 709 g/mol. The van der Waals surface area contributed by atoms with Crippen LogP contribution in [0.1, 0.15) is 5.56 Å². The molecule has 0 bridgehead atoms. The molecule has 11 aromatic rings. The standard InChI is InChI=1S/C37H18N4O9S2/c1-14-10-22-29-19(34-38-23-8-2-15(51(45,46)47)11-25(23)40(34)37(22)44)6-4-18-31-27(42)13-21-30-20(7-5-17(33(30)31)28(14)32(18)29)36(43)41-26-12-16(52(48,49)50)3-9-24(26)39-35(21)41/h2-13,42H,1H3,(H,45,46,47)(H,48,49,50). The molecule has 11 rings (SSSR count). The number of hydrogen-bond donors (Lipinski definition) is 3. The summed E-state index contributed by atoms with van der Waals surface area (Å²) in [5, 5.41) is 18.7. The zero-order valence-corrected chi connectivity index (χ0v) is 28.0. The smallest absolute Gasteiger partial charge is 0.294 e. The van der Waals surface area contributed by atoms with Gasteiger partial charge in [-0.05, 0) is 94.7 Å². The molecule has 0 fully saturated rings. The number of aryl methyl sites for hydroxylation is 1. The molecule has 0 amide bonds. The summed E-state index contributed by atoms with van der Waals surface area (Å²) in [5.74, 6) is -0.108. The second-order valence-corrected chi connectivity index (χ2v) is 16.0.